The Kier molecular flexibility index (Phi) is 4.43. The smallest absolute Gasteiger partial charge is 0.335 e. The molecule has 5 fully saturated rings. The SMILES string of the molecule is CC(=O)O[C@H]1[C@@H](c2ccc(=O)oc2)[C@]2(C)CC[C@@H]3[C@H](CC[C@@]4(O)C[C@H](O)CC[C@@]34C)[C@@]23O[C@@H]13. The number of carbonyl (C=O) groups excluding carboxylic acids is 1. The van der Waals surface area contributed by atoms with Gasteiger partial charge in [0.1, 0.15) is 17.8 Å². The lowest BCUT2D eigenvalue weighted by Crippen LogP contribution is -2.65. The minimum absolute atomic E-state index is 0.118. The van der Waals surface area contributed by atoms with Crippen LogP contribution in [0.5, 0.6) is 0 Å². The Hall–Kier alpha value is -1.70. The normalized spacial score (nSPS) is 52.2. The van der Waals surface area contributed by atoms with Gasteiger partial charge in [0.15, 0.2) is 0 Å². The maximum Gasteiger partial charge on any atom is 0.335 e. The molecule has 4 aliphatic carbocycles. The van der Waals surface area contributed by atoms with E-state index in [2.05, 4.69) is 13.8 Å². The van der Waals surface area contributed by atoms with Crippen molar-refractivity contribution in [3.8, 4) is 0 Å². The lowest BCUT2D eigenvalue weighted by molar-refractivity contribution is -0.224. The second-order valence-electron chi connectivity index (χ2n) is 11.8. The van der Waals surface area contributed by atoms with Crippen LogP contribution >= 0.6 is 0 Å². The van der Waals surface area contributed by atoms with E-state index in [9.17, 15) is 19.8 Å². The summed E-state index contributed by atoms with van der Waals surface area (Å²) >= 11 is 0. The third-order valence-electron chi connectivity index (χ3n) is 10.6. The van der Waals surface area contributed by atoms with Crippen molar-refractivity contribution in [3.05, 3.63) is 34.4 Å². The monoisotopic (exact) mass is 458 g/mol. The van der Waals surface area contributed by atoms with Crippen molar-refractivity contribution >= 4 is 5.97 Å². The van der Waals surface area contributed by atoms with Crippen LogP contribution in [0.25, 0.3) is 0 Å². The number of carbonyl (C=O) groups is 1. The Labute approximate surface area is 193 Å². The van der Waals surface area contributed by atoms with E-state index < -0.39 is 29.0 Å². The number of esters is 1. The molecular weight excluding hydrogens is 424 g/mol. The van der Waals surface area contributed by atoms with Crippen LogP contribution in [-0.4, -0.2) is 45.7 Å². The van der Waals surface area contributed by atoms with Gasteiger partial charge in [0, 0.05) is 30.7 Å². The van der Waals surface area contributed by atoms with Crippen LogP contribution in [-0.2, 0) is 14.3 Å². The fourth-order valence-electron chi connectivity index (χ4n) is 9.10. The maximum absolute atomic E-state index is 12.1. The van der Waals surface area contributed by atoms with Crippen LogP contribution in [0, 0.1) is 22.7 Å². The Bertz CT molecular complexity index is 1030. The van der Waals surface area contributed by atoms with Crippen molar-refractivity contribution in [1.82, 2.24) is 0 Å². The highest BCUT2D eigenvalue weighted by molar-refractivity contribution is 5.66. The van der Waals surface area contributed by atoms with Gasteiger partial charge in [-0.15, -0.1) is 0 Å². The molecule has 4 saturated carbocycles. The van der Waals surface area contributed by atoms with Crippen LogP contribution in [0.4, 0.5) is 0 Å². The van der Waals surface area contributed by atoms with Crippen LogP contribution < -0.4 is 5.63 Å². The first-order valence-electron chi connectivity index (χ1n) is 12.4. The maximum atomic E-state index is 12.1. The molecule has 2 N–H and O–H groups in total. The van der Waals surface area contributed by atoms with Crippen LogP contribution in [0.3, 0.4) is 0 Å². The highest BCUT2D eigenvalue weighted by atomic mass is 16.7. The summed E-state index contributed by atoms with van der Waals surface area (Å²) in [5.74, 6) is 0.0816. The Morgan fingerprint density at radius 1 is 1.09 bits per heavy atom. The van der Waals surface area contributed by atoms with E-state index in [0.29, 0.717) is 12.8 Å². The van der Waals surface area contributed by atoms with Crippen molar-refractivity contribution in [2.45, 2.75) is 101 Å². The largest absolute Gasteiger partial charge is 0.459 e. The zero-order valence-corrected chi connectivity index (χ0v) is 19.6. The summed E-state index contributed by atoms with van der Waals surface area (Å²) in [6.45, 7) is 5.89. The van der Waals surface area contributed by atoms with E-state index in [1.54, 1.807) is 6.07 Å². The van der Waals surface area contributed by atoms with Crippen molar-refractivity contribution in [2.75, 3.05) is 0 Å². The molecular formula is C26H34O7. The number of hydrogen-bond donors (Lipinski definition) is 2. The number of fused-ring (bicyclic) bond motifs is 3. The molecule has 180 valence electrons. The number of epoxide rings is 1. The topological polar surface area (TPSA) is 110 Å². The van der Waals surface area contributed by atoms with E-state index in [0.717, 1.165) is 37.7 Å². The minimum Gasteiger partial charge on any atom is -0.459 e. The Morgan fingerprint density at radius 3 is 2.52 bits per heavy atom. The van der Waals surface area contributed by atoms with Crippen LogP contribution in [0.15, 0.2) is 27.6 Å². The molecule has 0 radical (unpaired) electrons. The van der Waals surface area contributed by atoms with Gasteiger partial charge in [0.2, 0.25) is 0 Å². The molecule has 0 unspecified atom stereocenters. The van der Waals surface area contributed by atoms with Crippen molar-refractivity contribution < 1.29 is 28.9 Å². The molecule has 1 aromatic rings. The molecule has 0 aromatic carbocycles. The highest BCUT2D eigenvalue weighted by Gasteiger charge is 2.85. The van der Waals surface area contributed by atoms with E-state index in [-0.39, 0.29) is 40.7 Å². The summed E-state index contributed by atoms with van der Waals surface area (Å²) < 4.78 is 17.7. The predicted molar refractivity (Wildman–Crippen MR) is 117 cm³/mol. The number of rotatable bonds is 2. The second kappa shape index (κ2) is 6.70. The van der Waals surface area contributed by atoms with E-state index in [4.69, 9.17) is 13.9 Å². The lowest BCUT2D eigenvalue weighted by atomic mass is 9.42. The molecule has 1 saturated heterocycles. The first-order valence-corrected chi connectivity index (χ1v) is 12.4. The van der Waals surface area contributed by atoms with Crippen molar-refractivity contribution in [3.63, 3.8) is 0 Å². The average molecular weight is 459 g/mol. The standard InChI is InChI=1S/C26H34O7/c1-14(27)32-21-20(15-4-5-19(29)31-13-15)24(3)10-7-17-18(26(24)22(21)33-26)8-11-25(30)12-16(28)6-9-23(17,25)2/h4-5,13,16-18,20-22,28,30H,6-12H2,1-3H3/t16-,17-,18+,20-,21+,22+,23+,24+,25-,26+/m1/s1. The van der Waals surface area contributed by atoms with E-state index >= 15 is 0 Å². The summed E-state index contributed by atoms with van der Waals surface area (Å²) in [4.78, 5) is 23.7. The third kappa shape index (κ3) is 2.62. The summed E-state index contributed by atoms with van der Waals surface area (Å²) in [7, 11) is 0. The molecule has 2 heterocycles. The summed E-state index contributed by atoms with van der Waals surface area (Å²) in [5, 5.41) is 22.0. The quantitative estimate of drug-likeness (QED) is 0.518. The third-order valence-corrected chi connectivity index (χ3v) is 10.6. The fourth-order valence-corrected chi connectivity index (χ4v) is 9.10. The zero-order valence-electron chi connectivity index (χ0n) is 19.6. The molecule has 0 amide bonds. The molecule has 1 aliphatic heterocycles. The first-order chi connectivity index (χ1) is 15.6. The molecule has 5 aliphatic rings. The van der Waals surface area contributed by atoms with E-state index in [1.165, 1.54) is 19.3 Å². The molecule has 0 bridgehead atoms. The van der Waals surface area contributed by atoms with Crippen LogP contribution in [0.2, 0.25) is 0 Å². The Balaban J connectivity index is 1.42. The Morgan fingerprint density at radius 2 is 1.82 bits per heavy atom. The van der Waals surface area contributed by atoms with Gasteiger partial charge in [-0.1, -0.05) is 13.8 Å². The van der Waals surface area contributed by atoms with E-state index in [1.807, 2.05) is 0 Å². The number of hydrogen-bond acceptors (Lipinski definition) is 7. The summed E-state index contributed by atoms with van der Waals surface area (Å²) in [5.41, 5.74) is -1.34. The van der Waals surface area contributed by atoms with Gasteiger partial charge in [-0.25, -0.2) is 4.79 Å². The lowest BCUT2D eigenvalue weighted by Gasteiger charge is -2.63. The van der Waals surface area contributed by atoms with Gasteiger partial charge in [0.05, 0.1) is 18.0 Å². The molecule has 7 heteroatoms. The predicted octanol–water partition coefficient (Wildman–Crippen LogP) is 2.91. The van der Waals surface area contributed by atoms with Crippen LogP contribution in [0.1, 0.15) is 77.2 Å². The van der Waals surface area contributed by atoms with Gasteiger partial charge in [0.25, 0.3) is 0 Å². The van der Waals surface area contributed by atoms with Gasteiger partial charge >= 0.3 is 11.6 Å². The van der Waals surface area contributed by atoms with Gasteiger partial charge in [-0.05, 0) is 67.4 Å². The number of ether oxygens (including phenoxy) is 2. The van der Waals surface area contributed by atoms with Gasteiger partial charge in [-0.3, -0.25) is 4.79 Å². The number of aliphatic hydroxyl groups is 2. The second-order valence-corrected chi connectivity index (χ2v) is 11.8. The van der Waals surface area contributed by atoms with Gasteiger partial charge < -0.3 is 24.1 Å². The molecule has 7 nitrogen and oxygen atoms in total. The summed E-state index contributed by atoms with van der Waals surface area (Å²) in [6.07, 6.45) is 5.74. The minimum atomic E-state index is -0.850. The average Bonchev–Trinajstić information content (AvgIpc) is 3.45. The summed E-state index contributed by atoms with van der Waals surface area (Å²) in [6, 6.07) is 3.23. The molecule has 33 heavy (non-hydrogen) atoms. The molecule has 1 spiro atoms. The molecule has 1 aromatic heterocycles. The highest BCUT2D eigenvalue weighted by Crippen LogP contribution is 2.78. The first kappa shape index (κ1) is 21.8. The number of aliphatic hydroxyl groups excluding tert-OH is 1. The van der Waals surface area contributed by atoms with Crippen molar-refractivity contribution in [2.24, 2.45) is 22.7 Å². The molecule has 10 atom stereocenters. The fraction of sp³-hybridized carbons (Fsp3) is 0.769. The van der Waals surface area contributed by atoms with Crippen molar-refractivity contribution in [1.29, 1.82) is 0 Å². The zero-order chi connectivity index (χ0) is 23.4. The van der Waals surface area contributed by atoms with Gasteiger partial charge in [-0.2, -0.15) is 0 Å². The molecule has 6 rings (SSSR count).